The van der Waals surface area contributed by atoms with Crippen molar-refractivity contribution in [1.82, 2.24) is 0 Å². The zero-order chi connectivity index (χ0) is 16.9. The molecule has 0 saturated carbocycles. The van der Waals surface area contributed by atoms with Gasteiger partial charge in [0.15, 0.2) is 0 Å². The summed E-state index contributed by atoms with van der Waals surface area (Å²) in [6.45, 7) is -0.0316. The lowest BCUT2D eigenvalue weighted by Crippen LogP contribution is -2.11. The van der Waals surface area contributed by atoms with Gasteiger partial charge < -0.3 is 10.4 Å². The van der Waals surface area contributed by atoms with Gasteiger partial charge in [0.25, 0.3) is 0 Å². The molecular weight excluding hydrogens is 305 g/mol. The van der Waals surface area contributed by atoms with Crippen LogP contribution in [0, 0.1) is 11.3 Å². The summed E-state index contributed by atoms with van der Waals surface area (Å²) < 4.78 is 37.7. The Labute approximate surface area is 132 Å². The first-order valence-corrected chi connectivity index (χ1v) is 6.98. The van der Waals surface area contributed by atoms with Crippen molar-refractivity contribution < 1.29 is 18.3 Å². The minimum Gasteiger partial charge on any atom is -0.396 e. The van der Waals surface area contributed by atoms with Gasteiger partial charge in [-0.25, -0.2) is 0 Å². The highest BCUT2D eigenvalue weighted by molar-refractivity contribution is 5.54. The average Bonchev–Trinajstić information content (AvgIpc) is 2.53. The number of rotatable bonds is 5. The summed E-state index contributed by atoms with van der Waals surface area (Å²) in [7, 11) is 0. The molecule has 0 bridgehead atoms. The summed E-state index contributed by atoms with van der Waals surface area (Å²) in [5, 5.41) is 21.4. The monoisotopic (exact) mass is 320 g/mol. The molecule has 2 aromatic carbocycles. The summed E-state index contributed by atoms with van der Waals surface area (Å²) in [5.74, 6) is 0. The van der Waals surface area contributed by atoms with Gasteiger partial charge in [-0.2, -0.15) is 18.4 Å². The molecule has 0 fully saturated rings. The molecule has 3 nitrogen and oxygen atoms in total. The van der Waals surface area contributed by atoms with Gasteiger partial charge in [0, 0.05) is 12.3 Å². The van der Waals surface area contributed by atoms with Crippen LogP contribution in [0.3, 0.4) is 0 Å². The number of nitrogens with one attached hydrogen (secondary N) is 1. The summed E-state index contributed by atoms with van der Waals surface area (Å²) in [6.07, 6.45) is -3.98. The van der Waals surface area contributed by atoms with Gasteiger partial charge in [0.05, 0.1) is 11.6 Å². The van der Waals surface area contributed by atoms with E-state index >= 15 is 0 Å². The number of hydrogen-bond acceptors (Lipinski definition) is 3. The maximum atomic E-state index is 12.6. The third kappa shape index (κ3) is 4.24. The molecule has 2 N–H and O–H groups in total. The number of halogens is 3. The lowest BCUT2D eigenvalue weighted by atomic mass is 10.0. The second kappa shape index (κ2) is 7.16. The van der Waals surface area contributed by atoms with Crippen molar-refractivity contribution >= 4 is 5.69 Å². The first kappa shape index (κ1) is 16.8. The van der Waals surface area contributed by atoms with E-state index in [9.17, 15) is 18.4 Å². The summed E-state index contributed by atoms with van der Waals surface area (Å²) in [4.78, 5) is 0. The second-order valence-electron chi connectivity index (χ2n) is 4.96. The number of aliphatic hydroxyl groups excluding tert-OH is 1. The van der Waals surface area contributed by atoms with Crippen LogP contribution in [0.25, 0.3) is 0 Å². The Morgan fingerprint density at radius 2 is 1.74 bits per heavy atom. The lowest BCUT2D eigenvalue weighted by Gasteiger charge is -2.17. The van der Waals surface area contributed by atoms with Crippen molar-refractivity contribution in [3.05, 3.63) is 65.2 Å². The SMILES string of the molecule is N#CC(Nc1ccccc1CCO)c1ccc(C(F)(F)F)cc1. The number of hydrogen-bond donors (Lipinski definition) is 2. The fourth-order valence-electron chi connectivity index (χ4n) is 2.21. The Bertz CT molecular complexity index is 690. The van der Waals surface area contributed by atoms with Crippen LogP contribution in [-0.4, -0.2) is 11.7 Å². The first-order valence-electron chi connectivity index (χ1n) is 6.98. The number of aliphatic hydroxyl groups is 1. The van der Waals surface area contributed by atoms with Crippen molar-refractivity contribution in [3.63, 3.8) is 0 Å². The Balaban J connectivity index is 2.23. The van der Waals surface area contributed by atoms with Gasteiger partial charge >= 0.3 is 6.18 Å². The van der Waals surface area contributed by atoms with Gasteiger partial charge in [-0.15, -0.1) is 0 Å². The van der Waals surface area contributed by atoms with Crippen LogP contribution in [0.5, 0.6) is 0 Å². The minimum atomic E-state index is -4.40. The molecule has 0 aliphatic carbocycles. The lowest BCUT2D eigenvalue weighted by molar-refractivity contribution is -0.137. The molecular formula is C17H15F3N2O. The van der Waals surface area contributed by atoms with E-state index in [-0.39, 0.29) is 6.61 Å². The highest BCUT2D eigenvalue weighted by atomic mass is 19.4. The van der Waals surface area contributed by atoms with E-state index < -0.39 is 17.8 Å². The number of nitrogens with zero attached hydrogens (tertiary/aromatic N) is 1. The van der Waals surface area contributed by atoms with Crippen LogP contribution in [0.1, 0.15) is 22.7 Å². The molecule has 0 aliphatic heterocycles. The largest absolute Gasteiger partial charge is 0.416 e. The van der Waals surface area contributed by atoms with Crippen LogP contribution in [0.4, 0.5) is 18.9 Å². The molecule has 0 aromatic heterocycles. The third-order valence-electron chi connectivity index (χ3n) is 3.40. The van der Waals surface area contributed by atoms with Crippen LogP contribution < -0.4 is 5.32 Å². The van der Waals surface area contributed by atoms with E-state index in [1.807, 2.05) is 18.2 Å². The van der Waals surface area contributed by atoms with E-state index in [4.69, 9.17) is 5.11 Å². The van der Waals surface area contributed by atoms with E-state index in [2.05, 4.69) is 5.32 Å². The Morgan fingerprint density at radius 3 is 2.30 bits per heavy atom. The molecule has 0 saturated heterocycles. The van der Waals surface area contributed by atoms with Crippen molar-refractivity contribution in [2.45, 2.75) is 18.6 Å². The van der Waals surface area contributed by atoms with Crippen LogP contribution >= 0.6 is 0 Å². The molecule has 0 amide bonds. The van der Waals surface area contributed by atoms with Crippen molar-refractivity contribution in [2.75, 3.05) is 11.9 Å². The van der Waals surface area contributed by atoms with E-state index in [1.165, 1.54) is 12.1 Å². The van der Waals surface area contributed by atoms with Gasteiger partial charge in [-0.05, 0) is 35.7 Å². The summed E-state index contributed by atoms with van der Waals surface area (Å²) >= 11 is 0. The summed E-state index contributed by atoms with van der Waals surface area (Å²) in [6, 6.07) is 12.9. The molecule has 23 heavy (non-hydrogen) atoms. The Hall–Kier alpha value is -2.52. The standard InChI is InChI=1S/C17H15F3N2O/c18-17(19,20)14-7-5-13(6-8-14)16(11-21)22-15-4-2-1-3-12(15)9-10-23/h1-8,16,22-23H,9-10H2. The normalized spacial score (nSPS) is 12.5. The van der Waals surface area contributed by atoms with Gasteiger partial charge in [0.1, 0.15) is 6.04 Å². The number of anilines is 1. The predicted octanol–water partition coefficient (Wildman–Crippen LogP) is 3.92. The fourth-order valence-corrected chi connectivity index (χ4v) is 2.21. The van der Waals surface area contributed by atoms with E-state index in [0.717, 1.165) is 17.7 Å². The van der Waals surface area contributed by atoms with Gasteiger partial charge in [-0.3, -0.25) is 0 Å². The number of para-hydroxylation sites is 1. The molecule has 0 heterocycles. The van der Waals surface area contributed by atoms with Crippen molar-refractivity contribution in [3.8, 4) is 6.07 Å². The summed E-state index contributed by atoms with van der Waals surface area (Å²) in [5.41, 5.74) is 1.20. The van der Waals surface area contributed by atoms with Crippen LogP contribution in [-0.2, 0) is 12.6 Å². The minimum absolute atomic E-state index is 0.0316. The molecule has 2 aromatic rings. The molecule has 6 heteroatoms. The van der Waals surface area contributed by atoms with E-state index in [0.29, 0.717) is 17.7 Å². The zero-order valence-electron chi connectivity index (χ0n) is 12.1. The molecule has 0 radical (unpaired) electrons. The maximum Gasteiger partial charge on any atom is 0.416 e. The highest BCUT2D eigenvalue weighted by Gasteiger charge is 2.30. The second-order valence-corrected chi connectivity index (χ2v) is 4.96. The van der Waals surface area contributed by atoms with Gasteiger partial charge in [0.2, 0.25) is 0 Å². The Kier molecular flexibility index (Phi) is 5.24. The first-order chi connectivity index (χ1) is 11.0. The number of nitriles is 1. The highest BCUT2D eigenvalue weighted by Crippen LogP contribution is 2.30. The average molecular weight is 320 g/mol. The maximum absolute atomic E-state index is 12.6. The van der Waals surface area contributed by atoms with E-state index in [1.54, 1.807) is 12.1 Å². The van der Waals surface area contributed by atoms with Crippen molar-refractivity contribution in [1.29, 1.82) is 5.26 Å². The zero-order valence-corrected chi connectivity index (χ0v) is 12.1. The van der Waals surface area contributed by atoms with Crippen molar-refractivity contribution in [2.24, 2.45) is 0 Å². The fraction of sp³-hybridized carbons (Fsp3) is 0.235. The topological polar surface area (TPSA) is 56.0 Å². The number of alkyl halides is 3. The van der Waals surface area contributed by atoms with Crippen LogP contribution in [0.2, 0.25) is 0 Å². The predicted molar refractivity (Wildman–Crippen MR) is 80.7 cm³/mol. The molecule has 1 unspecified atom stereocenters. The molecule has 120 valence electrons. The Morgan fingerprint density at radius 1 is 1.09 bits per heavy atom. The van der Waals surface area contributed by atoms with Gasteiger partial charge in [-0.1, -0.05) is 30.3 Å². The molecule has 0 aliphatic rings. The smallest absolute Gasteiger partial charge is 0.396 e. The third-order valence-corrected chi connectivity index (χ3v) is 3.40. The van der Waals surface area contributed by atoms with Crippen LogP contribution in [0.15, 0.2) is 48.5 Å². The molecule has 2 rings (SSSR count). The molecule has 1 atom stereocenters. The number of benzene rings is 2. The quantitative estimate of drug-likeness (QED) is 0.878. The molecule has 0 spiro atoms.